The van der Waals surface area contributed by atoms with E-state index in [1.165, 1.54) is 16.7 Å². The SMILES string of the molecule is CNc1cc(C(C)C)c(C2CCCCN2C(=O)O)cc1C. The zero-order valence-corrected chi connectivity index (χ0v) is 13.4. The van der Waals surface area contributed by atoms with Gasteiger partial charge in [-0.3, -0.25) is 0 Å². The molecule has 1 amide bonds. The van der Waals surface area contributed by atoms with Crippen molar-refractivity contribution in [1.82, 2.24) is 4.90 Å². The number of rotatable bonds is 3. The van der Waals surface area contributed by atoms with Gasteiger partial charge in [0.05, 0.1) is 6.04 Å². The van der Waals surface area contributed by atoms with Gasteiger partial charge >= 0.3 is 6.09 Å². The lowest BCUT2D eigenvalue weighted by atomic mass is 9.86. The fraction of sp³-hybridized carbons (Fsp3) is 0.588. The van der Waals surface area contributed by atoms with E-state index in [0.717, 1.165) is 24.9 Å². The van der Waals surface area contributed by atoms with Crippen molar-refractivity contribution in [2.75, 3.05) is 18.9 Å². The summed E-state index contributed by atoms with van der Waals surface area (Å²) in [4.78, 5) is 13.2. The summed E-state index contributed by atoms with van der Waals surface area (Å²) in [6, 6.07) is 4.36. The molecule has 0 bridgehead atoms. The smallest absolute Gasteiger partial charge is 0.407 e. The van der Waals surface area contributed by atoms with E-state index in [9.17, 15) is 9.90 Å². The Labute approximate surface area is 127 Å². The molecular weight excluding hydrogens is 264 g/mol. The summed E-state index contributed by atoms with van der Waals surface area (Å²) in [7, 11) is 1.93. The molecule has 4 nitrogen and oxygen atoms in total. The first-order chi connectivity index (χ1) is 9.95. The second kappa shape index (κ2) is 6.37. The first kappa shape index (κ1) is 15.7. The standard InChI is InChI=1S/C17H26N2O2/c1-11(2)13-10-15(18-4)12(3)9-14(13)16-7-5-6-8-19(16)17(20)21/h9-11,16,18H,5-8H2,1-4H3,(H,20,21). The normalized spacial score (nSPS) is 18.9. The Balaban J connectivity index is 2.50. The Morgan fingerprint density at radius 1 is 1.38 bits per heavy atom. The Morgan fingerprint density at radius 3 is 2.67 bits per heavy atom. The first-order valence-electron chi connectivity index (χ1n) is 7.77. The van der Waals surface area contributed by atoms with Gasteiger partial charge in [-0.15, -0.1) is 0 Å². The van der Waals surface area contributed by atoms with E-state index in [2.05, 4.69) is 38.2 Å². The number of hydrogen-bond acceptors (Lipinski definition) is 2. The fourth-order valence-corrected chi connectivity index (χ4v) is 3.29. The summed E-state index contributed by atoms with van der Waals surface area (Å²) in [5.41, 5.74) is 4.74. The summed E-state index contributed by atoms with van der Waals surface area (Å²) in [5.74, 6) is 0.380. The molecule has 2 N–H and O–H groups in total. The number of amides is 1. The van der Waals surface area contributed by atoms with Gasteiger partial charge in [0.1, 0.15) is 0 Å². The molecule has 21 heavy (non-hydrogen) atoms. The topological polar surface area (TPSA) is 52.6 Å². The second-order valence-electron chi connectivity index (χ2n) is 6.19. The third kappa shape index (κ3) is 3.14. The van der Waals surface area contributed by atoms with E-state index >= 15 is 0 Å². The van der Waals surface area contributed by atoms with E-state index < -0.39 is 6.09 Å². The molecule has 1 aromatic carbocycles. The molecule has 1 saturated heterocycles. The maximum Gasteiger partial charge on any atom is 0.407 e. The molecule has 1 aliphatic rings. The molecule has 0 radical (unpaired) electrons. The average molecular weight is 290 g/mol. The zero-order valence-electron chi connectivity index (χ0n) is 13.4. The molecule has 1 fully saturated rings. The maximum absolute atomic E-state index is 11.5. The average Bonchev–Trinajstić information content (AvgIpc) is 2.46. The molecule has 0 saturated carbocycles. The van der Waals surface area contributed by atoms with Crippen LogP contribution in [0.3, 0.4) is 0 Å². The quantitative estimate of drug-likeness (QED) is 0.869. The third-order valence-corrected chi connectivity index (χ3v) is 4.43. The van der Waals surface area contributed by atoms with Crippen molar-refractivity contribution < 1.29 is 9.90 Å². The molecule has 1 heterocycles. The predicted octanol–water partition coefficient (Wildman–Crippen LogP) is 4.37. The number of nitrogens with zero attached hydrogens (tertiary/aromatic N) is 1. The van der Waals surface area contributed by atoms with E-state index in [-0.39, 0.29) is 6.04 Å². The van der Waals surface area contributed by atoms with E-state index in [1.807, 2.05) is 7.05 Å². The van der Waals surface area contributed by atoms with E-state index in [1.54, 1.807) is 4.90 Å². The minimum absolute atomic E-state index is 0.00161. The summed E-state index contributed by atoms with van der Waals surface area (Å²) < 4.78 is 0. The van der Waals surface area contributed by atoms with Crippen molar-refractivity contribution in [3.63, 3.8) is 0 Å². The molecule has 1 atom stereocenters. The van der Waals surface area contributed by atoms with Crippen LogP contribution in [0.1, 0.15) is 61.8 Å². The highest BCUT2D eigenvalue weighted by molar-refractivity contribution is 5.66. The molecule has 4 heteroatoms. The molecule has 1 unspecified atom stereocenters. The molecule has 0 spiro atoms. The van der Waals surface area contributed by atoms with Gasteiger partial charge in [0, 0.05) is 19.3 Å². The van der Waals surface area contributed by atoms with Gasteiger partial charge in [-0.05, 0) is 54.9 Å². The lowest BCUT2D eigenvalue weighted by molar-refractivity contribution is 0.106. The van der Waals surface area contributed by atoms with Crippen LogP contribution in [-0.4, -0.2) is 29.7 Å². The van der Waals surface area contributed by atoms with Crippen LogP contribution in [-0.2, 0) is 0 Å². The fourth-order valence-electron chi connectivity index (χ4n) is 3.29. The van der Waals surface area contributed by atoms with Crippen LogP contribution in [0.15, 0.2) is 12.1 Å². The van der Waals surface area contributed by atoms with Crippen LogP contribution in [0.2, 0.25) is 0 Å². The van der Waals surface area contributed by atoms with Crippen LogP contribution in [0.5, 0.6) is 0 Å². The van der Waals surface area contributed by atoms with Crippen LogP contribution in [0.4, 0.5) is 10.5 Å². The third-order valence-electron chi connectivity index (χ3n) is 4.43. The monoisotopic (exact) mass is 290 g/mol. The molecule has 116 valence electrons. The van der Waals surface area contributed by atoms with Gasteiger partial charge in [-0.1, -0.05) is 19.9 Å². The van der Waals surface area contributed by atoms with Gasteiger partial charge in [0.25, 0.3) is 0 Å². The molecule has 2 rings (SSSR count). The highest BCUT2D eigenvalue weighted by Crippen LogP contribution is 2.37. The van der Waals surface area contributed by atoms with Crippen LogP contribution >= 0.6 is 0 Å². The summed E-state index contributed by atoms with van der Waals surface area (Å²) in [6.07, 6.45) is 2.18. The number of aryl methyl sites for hydroxylation is 1. The number of nitrogens with one attached hydrogen (secondary N) is 1. The minimum Gasteiger partial charge on any atom is -0.465 e. The number of anilines is 1. The van der Waals surface area contributed by atoms with Gasteiger partial charge in [0.2, 0.25) is 0 Å². The van der Waals surface area contributed by atoms with Crippen molar-refractivity contribution >= 4 is 11.8 Å². The Hall–Kier alpha value is -1.71. The van der Waals surface area contributed by atoms with Gasteiger partial charge in [-0.2, -0.15) is 0 Å². The van der Waals surface area contributed by atoms with E-state index in [4.69, 9.17) is 0 Å². The predicted molar refractivity (Wildman–Crippen MR) is 86.1 cm³/mol. The largest absolute Gasteiger partial charge is 0.465 e. The summed E-state index contributed by atoms with van der Waals surface area (Å²) >= 11 is 0. The highest BCUT2D eigenvalue weighted by Gasteiger charge is 2.30. The Kier molecular flexibility index (Phi) is 4.76. The second-order valence-corrected chi connectivity index (χ2v) is 6.19. The van der Waals surface area contributed by atoms with Crippen LogP contribution in [0.25, 0.3) is 0 Å². The Bertz CT molecular complexity index is 526. The van der Waals surface area contributed by atoms with Crippen molar-refractivity contribution in [3.05, 3.63) is 28.8 Å². The molecular formula is C17H26N2O2. The molecule has 0 aromatic heterocycles. The van der Waals surface area contributed by atoms with Crippen molar-refractivity contribution in [2.24, 2.45) is 0 Å². The zero-order chi connectivity index (χ0) is 15.6. The van der Waals surface area contributed by atoms with E-state index in [0.29, 0.717) is 12.5 Å². The molecule has 1 aromatic rings. The lowest BCUT2D eigenvalue weighted by Crippen LogP contribution is -2.38. The molecule has 1 aliphatic heterocycles. The van der Waals surface area contributed by atoms with Crippen LogP contribution in [0, 0.1) is 6.92 Å². The van der Waals surface area contributed by atoms with Gasteiger partial charge < -0.3 is 15.3 Å². The van der Waals surface area contributed by atoms with Crippen molar-refractivity contribution in [1.29, 1.82) is 0 Å². The minimum atomic E-state index is -0.801. The Morgan fingerprint density at radius 2 is 2.10 bits per heavy atom. The number of carboxylic acid groups (broad SMARTS) is 1. The lowest BCUT2D eigenvalue weighted by Gasteiger charge is -2.36. The van der Waals surface area contributed by atoms with Crippen LogP contribution < -0.4 is 5.32 Å². The number of piperidine rings is 1. The van der Waals surface area contributed by atoms with Crippen molar-refractivity contribution in [3.8, 4) is 0 Å². The summed E-state index contributed by atoms with van der Waals surface area (Å²) in [6.45, 7) is 7.06. The number of carbonyl (C=O) groups is 1. The number of hydrogen-bond donors (Lipinski definition) is 2. The van der Waals surface area contributed by atoms with Crippen molar-refractivity contribution in [2.45, 2.75) is 52.0 Å². The van der Waals surface area contributed by atoms with Gasteiger partial charge in [0.15, 0.2) is 0 Å². The highest BCUT2D eigenvalue weighted by atomic mass is 16.4. The molecule has 0 aliphatic carbocycles. The number of benzene rings is 1. The summed E-state index contributed by atoms with van der Waals surface area (Å²) in [5, 5.41) is 12.7. The van der Waals surface area contributed by atoms with Gasteiger partial charge in [-0.25, -0.2) is 4.79 Å². The maximum atomic E-state index is 11.5. The number of likely N-dealkylation sites (tertiary alicyclic amines) is 1. The first-order valence-corrected chi connectivity index (χ1v) is 7.77.